The number of hydrogen-bond acceptors (Lipinski definition) is 5. The Hall–Kier alpha value is -2.93. The van der Waals surface area contributed by atoms with Crippen LogP contribution in [0.4, 0.5) is 0 Å². The second kappa shape index (κ2) is 9.47. The Labute approximate surface area is 185 Å². The van der Waals surface area contributed by atoms with E-state index in [1.165, 1.54) is 7.11 Å². The largest absolute Gasteiger partial charge is 0.543 e. The van der Waals surface area contributed by atoms with E-state index in [1.807, 2.05) is 12.1 Å². The van der Waals surface area contributed by atoms with E-state index in [4.69, 9.17) is 9.16 Å². The minimum absolute atomic E-state index is 0.0191. The van der Waals surface area contributed by atoms with Crippen LogP contribution in [0, 0.1) is 0 Å². The van der Waals surface area contributed by atoms with Crippen molar-refractivity contribution in [2.75, 3.05) is 7.11 Å². The fourth-order valence-electron chi connectivity index (χ4n) is 2.82. The van der Waals surface area contributed by atoms with Crippen molar-refractivity contribution in [3.05, 3.63) is 65.7 Å². The van der Waals surface area contributed by atoms with Crippen LogP contribution >= 0.6 is 0 Å². The van der Waals surface area contributed by atoms with E-state index in [1.54, 1.807) is 42.5 Å². The SMILES string of the molecule is COC(=O)[C@@](C=O)(Cc1cccc(O[Si](C)(C)C(C)(C)C)c1)NC(=O)c1ccccc1. The van der Waals surface area contributed by atoms with Crippen LogP contribution in [0.15, 0.2) is 54.6 Å². The lowest BCUT2D eigenvalue weighted by atomic mass is 9.91. The van der Waals surface area contributed by atoms with Crippen LogP contribution < -0.4 is 9.74 Å². The lowest BCUT2D eigenvalue weighted by Crippen LogP contribution is -2.58. The topological polar surface area (TPSA) is 81.7 Å². The van der Waals surface area contributed by atoms with Gasteiger partial charge in [0.05, 0.1) is 7.11 Å². The Balaban J connectivity index is 2.34. The van der Waals surface area contributed by atoms with E-state index in [9.17, 15) is 14.4 Å². The molecule has 1 amide bonds. The molecule has 0 aromatic heterocycles. The number of esters is 1. The lowest BCUT2D eigenvalue weighted by molar-refractivity contribution is -0.149. The predicted octanol–water partition coefficient (Wildman–Crippen LogP) is 4.15. The normalized spacial score (nSPS) is 13.6. The summed E-state index contributed by atoms with van der Waals surface area (Å²) < 4.78 is 11.2. The second-order valence-corrected chi connectivity index (χ2v) is 13.8. The summed E-state index contributed by atoms with van der Waals surface area (Å²) in [4.78, 5) is 37.4. The summed E-state index contributed by atoms with van der Waals surface area (Å²) in [6.45, 7) is 10.7. The fraction of sp³-hybridized carbons (Fsp3) is 0.375. The maximum atomic E-state index is 12.7. The minimum atomic E-state index is -2.07. The molecule has 0 heterocycles. The van der Waals surface area contributed by atoms with E-state index in [-0.39, 0.29) is 11.5 Å². The summed E-state index contributed by atoms with van der Waals surface area (Å²) in [5.74, 6) is -0.697. The van der Waals surface area contributed by atoms with Gasteiger partial charge in [0.25, 0.3) is 5.91 Å². The van der Waals surface area contributed by atoms with Gasteiger partial charge in [-0.2, -0.15) is 0 Å². The highest BCUT2D eigenvalue weighted by atomic mass is 28.4. The van der Waals surface area contributed by atoms with E-state index < -0.39 is 25.7 Å². The van der Waals surface area contributed by atoms with Gasteiger partial charge in [-0.3, -0.25) is 4.79 Å². The molecule has 0 fully saturated rings. The number of hydrogen-bond donors (Lipinski definition) is 1. The Kier molecular flexibility index (Phi) is 7.44. The molecule has 0 aliphatic heterocycles. The number of carbonyl (C=O) groups is 3. The molecule has 6 nitrogen and oxygen atoms in total. The predicted molar refractivity (Wildman–Crippen MR) is 123 cm³/mol. The third kappa shape index (κ3) is 5.82. The van der Waals surface area contributed by atoms with Crippen LogP contribution in [0.3, 0.4) is 0 Å². The number of ether oxygens (including phenoxy) is 1. The van der Waals surface area contributed by atoms with Crippen molar-refractivity contribution in [2.45, 2.75) is 50.9 Å². The maximum Gasteiger partial charge on any atom is 0.339 e. The number of amides is 1. The molecule has 7 heteroatoms. The number of methoxy groups -OCH3 is 1. The van der Waals surface area contributed by atoms with Crippen molar-refractivity contribution in [2.24, 2.45) is 0 Å². The van der Waals surface area contributed by atoms with Crippen LogP contribution in [0.2, 0.25) is 18.1 Å². The molecule has 166 valence electrons. The molecule has 1 atom stereocenters. The third-order valence-electron chi connectivity index (χ3n) is 5.68. The molecule has 2 rings (SSSR count). The number of benzene rings is 2. The fourth-order valence-corrected chi connectivity index (χ4v) is 3.84. The summed E-state index contributed by atoms with van der Waals surface area (Å²) >= 11 is 0. The van der Waals surface area contributed by atoms with Crippen LogP contribution in [0.25, 0.3) is 0 Å². The van der Waals surface area contributed by atoms with Crippen molar-refractivity contribution < 1.29 is 23.5 Å². The molecule has 0 bridgehead atoms. The molecule has 2 aromatic rings. The van der Waals surface area contributed by atoms with Crippen molar-refractivity contribution in [3.8, 4) is 5.75 Å². The highest BCUT2D eigenvalue weighted by molar-refractivity contribution is 6.74. The number of aldehydes is 1. The van der Waals surface area contributed by atoms with Gasteiger partial charge < -0.3 is 19.3 Å². The van der Waals surface area contributed by atoms with Crippen LogP contribution in [-0.4, -0.2) is 39.1 Å². The Morgan fingerprint density at radius 2 is 1.68 bits per heavy atom. The minimum Gasteiger partial charge on any atom is -0.543 e. The van der Waals surface area contributed by atoms with E-state index >= 15 is 0 Å². The first-order valence-corrected chi connectivity index (χ1v) is 13.1. The summed E-state index contributed by atoms with van der Waals surface area (Å²) in [6.07, 6.45) is 0.373. The van der Waals surface area contributed by atoms with Gasteiger partial charge >= 0.3 is 5.97 Å². The van der Waals surface area contributed by atoms with Gasteiger partial charge in [0.15, 0.2) is 11.8 Å². The Morgan fingerprint density at radius 1 is 1.03 bits per heavy atom. The standard InChI is InChI=1S/C24H31NO5Si/c1-23(2,3)31(5,6)30-20-14-10-11-18(15-20)16-24(17-26,22(28)29-4)25-21(27)19-12-8-7-9-13-19/h7-15,17H,16H2,1-6H3,(H,25,27)/t24-/m0/s1. The van der Waals surface area contributed by atoms with Crippen LogP contribution in [0.5, 0.6) is 5.75 Å². The zero-order chi connectivity index (χ0) is 23.3. The molecular formula is C24H31NO5Si. The lowest BCUT2D eigenvalue weighted by Gasteiger charge is -2.36. The molecular weight excluding hydrogens is 410 g/mol. The summed E-state index contributed by atoms with van der Waals surface area (Å²) in [7, 11) is -0.879. The Bertz CT molecular complexity index is 936. The third-order valence-corrected chi connectivity index (χ3v) is 10.0. The molecule has 0 aliphatic rings. The smallest absolute Gasteiger partial charge is 0.339 e. The molecule has 0 saturated heterocycles. The van der Waals surface area contributed by atoms with Gasteiger partial charge in [0.1, 0.15) is 5.75 Å². The van der Waals surface area contributed by atoms with Crippen molar-refractivity contribution in [1.82, 2.24) is 5.32 Å². The second-order valence-electron chi connectivity index (χ2n) is 9.09. The van der Waals surface area contributed by atoms with Gasteiger partial charge in [-0.15, -0.1) is 0 Å². The molecule has 0 unspecified atom stereocenters. The van der Waals surface area contributed by atoms with Crippen LogP contribution in [0.1, 0.15) is 36.7 Å². The Morgan fingerprint density at radius 3 is 2.23 bits per heavy atom. The molecule has 0 spiro atoms. The van der Waals surface area contributed by atoms with E-state index in [2.05, 4.69) is 39.2 Å². The number of carbonyl (C=O) groups excluding carboxylic acids is 3. The first-order chi connectivity index (χ1) is 14.4. The molecule has 1 N–H and O–H groups in total. The number of nitrogens with one attached hydrogen (secondary N) is 1. The highest BCUT2D eigenvalue weighted by Gasteiger charge is 2.42. The maximum absolute atomic E-state index is 12.7. The molecule has 0 saturated carbocycles. The van der Waals surface area contributed by atoms with Crippen LogP contribution in [-0.2, 0) is 20.7 Å². The quantitative estimate of drug-likeness (QED) is 0.288. The first-order valence-electron chi connectivity index (χ1n) is 10.1. The summed E-state index contributed by atoms with van der Waals surface area (Å²) in [5.41, 5.74) is -0.841. The van der Waals surface area contributed by atoms with E-state index in [0.29, 0.717) is 23.2 Å². The summed E-state index contributed by atoms with van der Waals surface area (Å²) in [5, 5.41) is 2.59. The zero-order valence-corrected chi connectivity index (χ0v) is 20.0. The van der Waals surface area contributed by atoms with Gasteiger partial charge in [-0.05, 0) is 48.0 Å². The molecule has 0 aliphatic carbocycles. The molecule has 2 aromatic carbocycles. The molecule has 31 heavy (non-hydrogen) atoms. The van der Waals surface area contributed by atoms with Gasteiger partial charge in [-0.25, -0.2) is 4.79 Å². The highest BCUT2D eigenvalue weighted by Crippen LogP contribution is 2.37. The zero-order valence-electron chi connectivity index (χ0n) is 19.0. The van der Waals surface area contributed by atoms with Gasteiger partial charge in [-0.1, -0.05) is 51.1 Å². The first kappa shape index (κ1) is 24.3. The average molecular weight is 442 g/mol. The number of rotatable bonds is 8. The van der Waals surface area contributed by atoms with Crippen molar-refractivity contribution in [3.63, 3.8) is 0 Å². The van der Waals surface area contributed by atoms with Gasteiger partial charge in [0.2, 0.25) is 8.32 Å². The van der Waals surface area contributed by atoms with Crippen molar-refractivity contribution >= 4 is 26.5 Å². The average Bonchev–Trinajstić information content (AvgIpc) is 2.72. The molecule has 0 radical (unpaired) electrons. The van der Waals surface area contributed by atoms with E-state index in [0.717, 1.165) is 0 Å². The van der Waals surface area contributed by atoms with Crippen molar-refractivity contribution in [1.29, 1.82) is 0 Å². The summed E-state index contributed by atoms with van der Waals surface area (Å²) in [6, 6.07) is 15.7. The monoisotopic (exact) mass is 441 g/mol. The van der Waals surface area contributed by atoms with Gasteiger partial charge in [0, 0.05) is 12.0 Å².